The van der Waals surface area contributed by atoms with Crippen molar-refractivity contribution >= 4 is 25.6 Å². The number of hydrogen-bond acceptors (Lipinski definition) is 6. The molecule has 0 bridgehead atoms. The number of hydrogen-bond donors (Lipinski definition) is 0. The smallest absolute Gasteiger partial charge is 0.274 e. The molecule has 0 radical (unpaired) electrons. The Morgan fingerprint density at radius 2 is 1.84 bits per heavy atom. The molecule has 0 N–H and O–H groups in total. The van der Waals surface area contributed by atoms with Gasteiger partial charge in [0.1, 0.15) is 0 Å². The summed E-state index contributed by atoms with van der Waals surface area (Å²) in [5.41, 5.74) is 0.980. The fraction of sp³-hybridized carbons (Fsp3) is 0.733. The van der Waals surface area contributed by atoms with Gasteiger partial charge in [0.2, 0.25) is 0 Å². The maximum absolute atomic E-state index is 12.8. The summed E-state index contributed by atoms with van der Waals surface area (Å²) < 4.78 is 48.4. The number of carbonyl (C=O) groups is 1. The van der Waals surface area contributed by atoms with Crippen molar-refractivity contribution in [2.75, 3.05) is 29.6 Å². The molecule has 8 nitrogen and oxygen atoms in total. The van der Waals surface area contributed by atoms with E-state index in [1.807, 2.05) is 6.92 Å². The first-order valence-corrected chi connectivity index (χ1v) is 12.0. The molecule has 25 heavy (non-hydrogen) atoms. The van der Waals surface area contributed by atoms with Gasteiger partial charge in [-0.05, 0) is 32.8 Å². The summed E-state index contributed by atoms with van der Waals surface area (Å²) in [4.78, 5) is 14.4. The molecule has 1 aromatic rings. The molecule has 2 aliphatic rings. The normalized spacial score (nSPS) is 27.4. The summed E-state index contributed by atoms with van der Waals surface area (Å²) in [6.07, 6.45) is 0.944. The van der Waals surface area contributed by atoms with Gasteiger partial charge in [0.25, 0.3) is 5.91 Å². The Bertz CT molecular complexity index is 888. The van der Waals surface area contributed by atoms with Crippen molar-refractivity contribution in [1.29, 1.82) is 0 Å². The van der Waals surface area contributed by atoms with E-state index in [0.717, 1.165) is 5.69 Å². The van der Waals surface area contributed by atoms with Crippen LogP contribution in [0.15, 0.2) is 6.07 Å². The molecule has 3 heterocycles. The molecule has 140 valence electrons. The van der Waals surface area contributed by atoms with Gasteiger partial charge in [-0.3, -0.25) is 9.48 Å². The predicted molar refractivity (Wildman–Crippen MR) is 93.0 cm³/mol. The lowest BCUT2D eigenvalue weighted by molar-refractivity contribution is 0.0701. The molecule has 3 rings (SSSR count). The molecule has 0 aliphatic carbocycles. The zero-order valence-electron chi connectivity index (χ0n) is 14.4. The second-order valence-electron chi connectivity index (χ2n) is 6.82. The van der Waals surface area contributed by atoms with Crippen LogP contribution in [0.25, 0.3) is 0 Å². The lowest BCUT2D eigenvalue weighted by atomic mass is 10.2. The van der Waals surface area contributed by atoms with Crippen LogP contribution in [0.5, 0.6) is 0 Å². The van der Waals surface area contributed by atoms with Crippen molar-refractivity contribution in [1.82, 2.24) is 14.7 Å². The zero-order valence-corrected chi connectivity index (χ0v) is 16.0. The summed E-state index contributed by atoms with van der Waals surface area (Å²) in [5, 5.41) is 4.35. The molecule has 1 amide bonds. The van der Waals surface area contributed by atoms with Gasteiger partial charge in [-0.2, -0.15) is 5.10 Å². The first-order valence-electron chi connectivity index (χ1n) is 8.40. The van der Waals surface area contributed by atoms with Crippen LogP contribution in [0.2, 0.25) is 0 Å². The van der Waals surface area contributed by atoms with E-state index in [0.29, 0.717) is 19.4 Å². The highest BCUT2D eigenvalue weighted by atomic mass is 32.2. The molecule has 2 aliphatic heterocycles. The van der Waals surface area contributed by atoms with E-state index in [-0.39, 0.29) is 46.7 Å². The van der Waals surface area contributed by atoms with Crippen molar-refractivity contribution in [2.45, 2.75) is 38.8 Å². The van der Waals surface area contributed by atoms with Crippen LogP contribution < -0.4 is 0 Å². The van der Waals surface area contributed by atoms with Crippen LogP contribution in [0.1, 0.15) is 42.0 Å². The molecular weight excluding hydrogens is 366 g/mol. The number of carbonyl (C=O) groups excluding carboxylic acids is 1. The topological polar surface area (TPSA) is 106 Å². The molecular formula is C15H23N3O5S2. The SMILES string of the molecule is CCN(C(=O)c1cc(C)n(C2CCS(=O)(=O)C2)n1)C1CCS(=O)(=O)C1. The fourth-order valence-corrected chi connectivity index (χ4v) is 7.09. The van der Waals surface area contributed by atoms with Crippen molar-refractivity contribution in [2.24, 2.45) is 0 Å². The number of nitrogens with zero attached hydrogens (tertiary/aromatic N) is 3. The van der Waals surface area contributed by atoms with Crippen LogP contribution in [0, 0.1) is 6.92 Å². The van der Waals surface area contributed by atoms with Crippen molar-refractivity contribution < 1.29 is 21.6 Å². The summed E-state index contributed by atoms with van der Waals surface area (Å²) in [6, 6.07) is 1.09. The van der Waals surface area contributed by atoms with Crippen molar-refractivity contribution in [3.63, 3.8) is 0 Å². The summed E-state index contributed by atoms with van der Waals surface area (Å²) in [5.74, 6) is -0.0163. The summed E-state index contributed by atoms with van der Waals surface area (Å²) >= 11 is 0. The highest BCUT2D eigenvalue weighted by Crippen LogP contribution is 2.26. The monoisotopic (exact) mass is 389 g/mol. The van der Waals surface area contributed by atoms with E-state index >= 15 is 0 Å². The average molecular weight is 389 g/mol. The van der Waals surface area contributed by atoms with Crippen LogP contribution in [-0.2, 0) is 19.7 Å². The van der Waals surface area contributed by atoms with E-state index in [4.69, 9.17) is 0 Å². The average Bonchev–Trinajstić information content (AvgIpc) is 3.17. The molecule has 2 atom stereocenters. The Kier molecular flexibility index (Phi) is 4.69. The molecule has 10 heteroatoms. The fourth-order valence-electron chi connectivity index (χ4n) is 3.67. The first kappa shape index (κ1) is 18.4. The second kappa shape index (κ2) is 6.39. The largest absolute Gasteiger partial charge is 0.333 e. The van der Waals surface area contributed by atoms with E-state index in [2.05, 4.69) is 5.10 Å². The van der Waals surface area contributed by atoms with Crippen molar-refractivity contribution in [3.8, 4) is 0 Å². The van der Waals surface area contributed by atoms with Crippen LogP contribution >= 0.6 is 0 Å². The third-order valence-corrected chi connectivity index (χ3v) is 8.45. The Hall–Kier alpha value is -1.42. The molecule has 0 saturated carbocycles. The van der Waals surface area contributed by atoms with Crippen molar-refractivity contribution in [3.05, 3.63) is 17.5 Å². The number of aryl methyl sites for hydroxylation is 1. The van der Waals surface area contributed by atoms with Gasteiger partial charge in [-0.1, -0.05) is 0 Å². The van der Waals surface area contributed by atoms with Gasteiger partial charge < -0.3 is 4.90 Å². The second-order valence-corrected chi connectivity index (χ2v) is 11.3. The van der Waals surface area contributed by atoms with E-state index in [1.165, 1.54) is 0 Å². The maximum atomic E-state index is 12.8. The Morgan fingerprint density at radius 1 is 1.20 bits per heavy atom. The zero-order chi connectivity index (χ0) is 18.4. The molecule has 1 aromatic heterocycles. The minimum atomic E-state index is -3.08. The first-order chi connectivity index (χ1) is 11.6. The highest BCUT2D eigenvalue weighted by Gasteiger charge is 2.36. The Balaban J connectivity index is 1.82. The Morgan fingerprint density at radius 3 is 2.36 bits per heavy atom. The summed E-state index contributed by atoms with van der Waals surface area (Å²) in [6.45, 7) is 4.02. The lowest BCUT2D eigenvalue weighted by Crippen LogP contribution is -2.41. The maximum Gasteiger partial charge on any atom is 0.274 e. The molecule has 2 fully saturated rings. The highest BCUT2D eigenvalue weighted by molar-refractivity contribution is 7.91. The molecule has 0 aromatic carbocycles. The third kappa shape index (κ3) is 3.74. The van der Waals surface area contributed by atoms with Crippen LogP contribution in [0.3, 0.4) is 0 Å². The molecule has 0 spiro atoms. The van der Waals surface area contributed by atoms with Crippen LogP contribution in [-0.4, -0.2) is 73.0 Å². The standard InChI is InChI=1S/C15H23N3O5S2/c1-3-17(12-4-6-24(20,21)9-12)15(19)14-8-11(2)18(16-14)13-5-7-25(22,23)10-13/h8,12-13H,3-7,9-10H2,1-2H3. The van der Waals surface area contributed by atoms with Gasteiger partial charge in [-0.25, -0.2) is 16.8 Å². The number of sulfone groups is 2. The minimum Gasteiger partial charge on any atom is -0.333 e. The van der Waals surface area contributed by atoms with Gasteiger partial charge in [0, 0.05) is 18.3 Å². The lowest BCUT2D eigenvalue weighted by Gasteiger charge is -2.26. The molecule has 2 unspecified atom stereocenters. The predicted octanol–water partition coefficient (Wildman–Crippen LogP) is 0.200. The van der Waals surface area contributed by atoms with Gasteiger partial charge in [0.05, 0.1) is 29.1 Å². The minimum absolute atomic E-state index is 0.00681. The third-order valence-electron chi connectivity index (χ3n) is 4.95. The van der Waals surface area contributed by atoms with Gasteiger partial charge in [0.15, 0.2) is 25.4 Å². The number of aromatic nitrogens is 2. The Labute approximate surface area is 148 Å². The van der Waals surface area contributed by atoms with Gasteiger partial charge >= 0.3 is 0 Å². The molecule has 2 saturated heterocycles. The van der Waals surface area contributed by atoms with E-state index in [1.54, 1.807) is 22.6 Å². The number of rotatable bonds is 4. The van der Waals surface area contributed by atoms with E-state index in [9.17, 15) is 21.6 Å². The van der Waals surface area contributed by atoms with E-state index < -0.39 is 19.7 Å². The van der Waals surface area contributed by atoms with Crippen LogP contribution in [0.4, 0.5) is 0 Å². The quantitative estimate of drug-likeness (QED) is 0.728. The summed E-state index contributed by atoms with van der Waals surface area (Å²) in [7, 11) is -6.12. The number of amides is 1. The van der Waals surface area contributed by atoms with Gasteiger partial charge in [-0.15, -0.1) is 0 Å².